The number of carbonyl (C=O) groups is 2. The summed E-state index contributed by atoms with van der Waals surface area (Å²) < 4.78 is 0. The Balaban J connectivity index is 1.82. The molecule has 3 amide bonds. The summed E-state index contributed by atoms with van der Waals surface area (Å²) in [6.45, 7) is 1.01. The van der Waals surface area contributed by atoms with Gasteiger partial charge in [0.05, 0.1) is 0 Å². The summed E-state index contributed by atoms with van der Waals surface area (Å²) in [4.78, 5) is 25.1. The molecule has 0 aliphatic carbocycles. The summed E-state index contributed by atoms with van der Waals surface area (Å²) in [6, 6.07) is 9.00. The van der Waals surface area contributed by atoms with Crippen LogP contribution in [0.2, 0.25) is 0 Å². The van der Waals surface area contributed by atoms with Crippen molar-refractivity contribution in [3.8, 4) is 0 Å². The molecule has 3 N–H and O–H groups in total. The number of hydrogen-bond acceptors (Lipinski definition) is 4. The lowest BCUT2D eigenvalue weighted by Crippen LogP contribution is -2.65. The van der Waals surface area contributed by atoms with Crippen LogP contribution >= 0.6 is 0 Å². The van der Waals surface area contributed by atoms with Crippen LogP contribution in [-0.4, -0.2) is 35.7 Å². The SMILES string of the molecule is O=C1NC(=O)N(Cc2ccccc2)C2NCNC12. The van der Waals surface area contributed by atoms with E-state index in [4.69, 9.17) is 0 Å². The maximum absolute atomic E-state index is 11.9. The number of carbonyl (C=O) groups excluding carboxylic acids is 2. The minimum atomic E-state index is -0.369. The van der Waals surface area contributed by atoms with Crippen molar-refractivity contribution in [2.45, 2.75) is 18.8 Å². The standard InChI is InChI=1S/C12H14N4O2/c17-11-9-10(14-7-13-9)16(12(18)15-11)6-8-4-2-1-3-5-8/h1-5,9-10,13-14H,6-7H2,(H,15,17,18). The third-order valence-electron chi connectivity index (χ3n) is 3.25. The van der Waals surface area contributed by atoms with Gasteiger partial charge in [-0.05, 0) is 5.56 Å². The van der Waals surface area contributed by atoms with Gasteiger partial charge < -0.3 is 4.90 Å². The average Bonchev–Trinajstić information content (AvgIpc) is 2.85. The molecule has 2 saturated heterocycles. The van der Waals surface area contributed by atoms with Crippen molar-refractivity contribution in [3.05, 3.63) is 35.9 Å². The molecule has 6 heteroatoms. The molecule has 0 radical (unpaired) electrons. The predicted octanol–water partition coefficient (Wildman–Crippen LogP) is -0.417. The monoisotopic (exact) mass is 246 g/mol. The summed E-state index contributed by atoms with van der Waals surface area (Å²) in [5.74, 6) is -0.265. The summed E-state index contributed by atoms with van der Waals surface area (Å²) in [5, 5.41) is 8.52. The lowest BCUT2D eigenvalue weighted by molar-refractivity contribution is -0.124. The van der Waals surface area contributed by atoms with E-state index in [9.17, 15) is 9.59 Å². The molecule has 2 atom stereocenters. The number of nitrogens with zero attached hydrogens (tertiary/aromatic N) is 1. The van der Waals surface area contributed by atoms with E-state index in [1.54, 1.807) is 4.90 Å². The molecule has 0 spiro atoms. The predicted molar refractivity (Wildman–Crippen MR) is 64.2 cm³/mol. The molecule has 94 valence electrons. The Bertz CT molecular complexity index is 476. The van der Waals surface area contributed by atoms with Crippen molar-refractivity contribution in [1.82, 2.24) is 20.9 Å². The van der Waals surface area contributed by atoms with Crippen molar-refractivity contribution in [2.75, 3.05) is 6.67 Å². The lowest BCUT2D eigenvalue weighted by atomic mass is 10.1. The van der Waals surface area contributed by atoms with Gasteiger partial charge in [0.25, 0.3) is 0 Å². The molecule has 18 heavy (non-hydrogen) atoms. The van der Waals surface area contributed by atoms with Gasteiger partial charge >= 0.3 is 6.03 Å². The second kappa shape index (κ2) is 4.40. The first-order valence-corrected chi connectivity index (χ1v) is 5.88. The van der Waals surface area contributed by atoms with E-state index < -0.39 is 0 Å². The zero-order chi connectivity index (χ0) is 12.5. The molecule has 6 nitrogen and oxygen atoms in total. The van der Waals surface area contributed by atoms with Gasteiger partial charge in [-0.3, -0.25) is 20.7 Å². The van der Waals surface area contributed by atoms with Crippen LogP contribution < -0.4 is 16.0 Å². The van der Waals surface area contributed by atoms with Gasteiger partial charge in [-0.25, -0.2) is 4.79 Å². The zero-order valence-electron chi connectivity index (χ0n) is 9.72. The van der Waals surface area contributed by atoms with Gasteiger partial charge in [0.2, 0.25) is 5.91 Å². The van der Waals surface area contributed by atoms with Crippen LogP contribution in [-0.2, 0) is 11.3 Å². The topological polar surface area (TPSA) is 73.5 Å². The number of fused-ring (bicyclic) bond motifs is 1. The molecule has 0 saturated carbocycles. The fraction of sp³-hybridized carbons (Fsp3) is 0.333. The van der Waals surface area contributed by atoms with Crippen LogP contribution in [0.3, 0.4) is 0 Å². The molecule has 0 aromatic heterocycles. The van der Waals surface area contributed by atoms with Crippen LogP contribution in [0.15, 0.2) is 30.3 Å². The largest absolute Gasteiger partial charge is 0.325 e. The van der Waals surface area contributed by atoms with E-state index in [0.717, 1.165) is 5.56 Å². The Morgan fingerprint density at radius 1 is 1.17 bits per heavy atom. The minimum absolute atomic E-state index is 0.265. The highest BCUT2D eigenvalue weighted by molar-refractivity contribution is 6.00. The lowest BCUT2D eigenvalue weighted by Gasteiger charge is -2.36. The van der Waals surface area contributed by atoms with Crippen molar-refractivity contribution >= 4 is 11.9 Å². The van der Waals surface area contributed by atoms with E-state index in [1.807, 2.05) is 30.3 Å². The van der Waals surface area contributed by atoms with Crippen molar-refractivity contribution in [3.63, 3.8) is 0 Å². The van der Waals surface area contributed by atoms with E-state index in [0.29, 0.717) is 13.2 Å². The first-order chi connectivity index (χ1) is 8.75. The van der Waals surface area contributed by atoms with E-state index in [1.165, 1.54) is 0 Å². The second-order valence-corrected chi connectivity index (χ2v) is 4.42. The highest BCUT2D eigenvalue weighted by Gasteiger charge is 2.43. The van der Waals surface area contributed by atoms with Crippen LogP contribution in [0.5, 0.6) is 0 Å². The molecule has 1 aromatic rings. The Morgan fingerprint density at radius 3 is 2.72 bits per heavy atom. The Morgan fingerprint density at radius 2 is 1.94 bits per heavy atom. The maximum atomic E-state index is 11.9. The van der Waals surface area contributed by atoms with Crippen LogP contribution in [0.1, 0.15) is 5.56 Å². The molecular weight excluding hydrogens is 232 g/mol. The van der Waals surface area contributed by atoms with Crippen LogP contribution in [0.25, 0.3) is 0 Å². The number of nitrogens with one attached hydrogen (secondary N) is 3. The highest BCUT2D eigenvalue weighted by Crippen LogP contribution is 2.16. The van der Waals surface area contributed by atoms with Crippen molar-refractivity contribution in [2.24, 2.45) is 0 Å². The van der Waals surface area contributed by atoms with Crippen molar-refractivity contribution in [1.29, 1.82) is 0 Å². The normalized spacial score (nSPS) is 27.0. The summed E-state index contributed by atoms with van der Waals surface area (Å²) in [6.07, 6.45) is -0.272. The highest BCUT2D eigenvalue weighted by atomic mass is 16.2. The van der Waals surface area contributed by atoms with Crippen LogP contribution in [0, 0.1) is 0 Å². The quantitative estimate of drug-likeness (QED) is 0.663. The number of hydrogen-bond donors (Lipinski definition) is 3. The van der Waals surface area contributed by atoms with Gasteiger partial charge in [-0.15, -0.1) is 0 Å². The molecule has 2 unspecified atom stereocenters. The maximum Gasteiger partial charge on any atom is 0.325 e. The second-order valence-electron chi connectivity index (χ2n) is 4.42. The minimum Gasteiger partial charge on any atom is -0.302 e. The van der Waals surface area contributed by atoms with E-state index in [2.05, 4.69) is 16.0 Å². The third kappa shape index (κ3) is 1.85. The Kier molecular flexibility index (Phi) is 2.73. The summed E-state index contributed by atoms with van der Waals surface area (Å²) in [7, 11) is 0. The van der Waals surface area contributed by atoms with Gasteiger partial charge in [0.1, 0.15) is 12.2 Å². The fourth-order valence-corrected chi connectivity index (χ4v) is 2.36. The van der Waals surface area contributed by atoms with E-state index in [-0.39, 0.29) is 24.1 Å². The molecule has 1 aromatic carbocycles. The van der Waals surface area contributed by atoms with Crippen LogP contribution in [0.4, 0.5) is 4.79 Å². The summed E-state index contributed by atoms with van der Waals surface area (Å²) in [5.41, 5.74) is 1.04. The molecule has 3 rings (SSSR count). The molecule has 0 bridgehead atoms. The van der Waals surface area contributed by atoms with Gasteiger partial charge in [-0.2, -0.15) is 0 Å². The number of urea groups is 1. The average molecular weight is 246 g/mol. The first-order valence-electron chi connectivity index (χ1n) is 5.88. The number of imide groups is 1. The fourth-order valence-electron chi connectivity index (χ4n) is 2.36. The number of amides is 3. The van der Waals surface area contributed by atoms with Gasteiger partial charge in [0, 0.05) is 13.2 Å². The molecule has 2 fully saturated rings. The zero-order valence-corrected chi connectivity index (χ0v) is 9.72. The van der Waals surface area contributed by atoms with Crippen molar-refractivity contribution < 1.29 is 9.59 Å². The number of rotatable bonds is 2. The Labute approximate surface area is 104 Å². The summed E-state index contributed by atoms with van der Waals surface area (Å²) >= 11 is 0. The van der Waals surface area contributed by atoms with Gasteiger partial charge in [-0.1, -0.05) is 30.3 Å². The Hall–Kier alpha value is -1.92. The molecule has 2 aliphatic heterocycles. The molecule has 2 heterocycles. The first kappa shape index (κ1) is 11.2. The number of benzene rings is 1. The third-order valence-corrected chi connectivity index (χ3v) is 3.25. The van der Waals surface area contributed by atoms with E-state index >= 15 is 0 Å². The smallest absolute Gasteiger partial charge is 0.302 e. The molecule has 2 aliphatic rings. The van der Waals surface area contributed by atoms with Gasteiger partial charge in [0.15, 0.2) is 0 Å². The molecular formula is C12H14N4O2.